The second-order valence-corrected chi connectivity index (χ2v) is 6.82. The van der Waals surface area contributed by atoms with Crippen LogP contribution in [0.5, 0.6) is 0 Å². The average Bonchev–Trinajstić information content (AvgIpc) is 2.59. The zero-order chi connectivity index (χ0) is 17.2. The summed E-state index contributed by atoms with van der Waals surface area (Å²) in [6, 6.07) is 9.86. The number of nitrogens with one attached hydrogen (secondary N) is 1. The summed E-state index contributed by atoms with van der Waals surface area (Å²) in [4.78, 5) is 20.2. The molecule has 0 spiro atoms. The zero-order valence-electron chi connectivity index (χ0n) is 13.0. The fourth-order valence-corrected chi connectivity index (χ4v) is 3.15. The van der Waals surface area contributed by atoms with Crippen molar-refractivity contribution in [2.75, 3.05) is 5.32 Å². The molecule has 1 heterocycles. The summed E-state index contributed by atoms with van der Waals surface area (Å²) in [7, 11) is 0. The van der Waals surface area contributed by atoms with E-state index in [-0.39, 0.29) is 0 Å². The minimum Gasteiger partial charge on any atom is -0.479 e. The second kappa shape index (κ2) is 6.72. The summed E-state index contributed by atoms with van der Waals surface area (Å²) in [6.45, 7) is 2.00. The average molecular weight is 433 g/mol. The van der Waals surface area contributed by atoms with E-state index in [1.165, 1.54) is 6.33 Å². The van der Waals surface area contributed by atoms with E-state index in [4.69, 9.17) is 0 Å². The maximum absolute atomic E-state index is 12.1. The van der Waals surface area contributed by atoms with E-state index >= 15 is 0 Å². The van der Waals surface area contributed by atoms with Gasteiger partial charge in [0.25, 0.3) is 0 Å². The molecule has 1 atom stereocenters. The van der Waals surface area contributed by atoms with E-state index in [1.54, 1.807) is 12.3 Å². The third-order valence-electron chi connectivity index (χ3n) is 4.06. The number of anilines is 1. The van der Waals surface area contributed by atoms with Gasteiger partial charge in [-0.3, -0.25) is 0 Å². The number of aromatic nitrogens is 2. The summed E-state index contributed by atoms with van der Waals surface area (Å²) >= 11 is 2.09. The number of carboxylic acid groups (broad SMARTS) is 1. The molecule has 3 rings (SSSR count). The van der Waals surface area contributed by atoms with Crippen LogP contribution in [0.15, 0.2) is 60.6 Å². The van der Waals surface area contributed by atoms with E-state index in [1.807, 2.05) is 43.3 Å². The van der Waals surface area contributed by atoms with Crippen molar-refractivity contribution in [3.05, 3.63) is 69.7 Å². The number of carboxylic acids is 1. The summed E-state index contributed by atoms with van der Waals surface area (Å²) in [5.74, 6) is -0.418. The normalized spacial score (nSPS) is 20.1. The van der Waals surface area contributed by atoms with Crippen molar-refractivity contribution >= 4 is 40.0 Å². The molecule has 0 bridgehead atoms. The van der Waals surface area contributed by atoms with Crippen molar-refractivity contribution < 1.29 is 9.90 Å². The number of aliphatic carboxylic acids is 1. The number of halogens is 1. The molecule has 0 radical (unpaired) electrons. The Bertz CT molecular complexity index is 833. The highest BCUT2D eigenvalue weighted by Crippen LogP contribution is 2.36. The Morgan fingerprint density at radius 3 is 2.75 bits per heavy atom. The molecular weight excluding hydrogens is 417 g/mol. The Balaban J connectivity index is 2.00. The molecular formula is C18H16IN3O2. The van der Waals surface area contributed by atoms with Crippen LogP contribution in [0.3, 0.4) is 0 Å². The number of hydrogen-bond acceptors (Lipinski definition) is 4. The molecule has 122 valence electrons. The number of hydrogen-bond donors (Lipinski definition) is 2. The van der Waals surface area contributed by atoms with Crippen molar-refractivity contribution in [2.45, 2.75) is 18.9 Å². The summed E-state index contributed by atoms with van der Waals surface area (Å²) in [5, 5.41) is 13.0. The Kier molecular flexibility index (Phi) is 4.66. The fraction of sp³-hybridized carbons (Fsp3) is 0.167. The predicted octanol–water partition coefficient (Wildman–Crippen LogP) is 3.75. The molecule has 24 heavy (non-hydrogen) atoms. The Morgan fingerprint density at radius 1 is 1.33 bits per heavy atom. The maximum Gasteiger partial charge on any atom is 0.333 e. The van der Waals surface area contributed by atoms with Crippen molar-refractivity contribution in [2.24, 2.45) is 0 Å². The highest BCUT2D eigenvalue weighted by molar-refractivity contribution is 14.1. The van der Waals surface area contributed by atoms with Gasteiger partial charge < -0.3 is 10.4 Å². The first-order chi connectivity index (χ1) is 11.5. The number of benzene rings is 1. The Morgan fingerprint density at radius 2 is 2.08 bits per heavy atom. The third-order valence-corrected chi connectivity index (χ3v) is 4.85. The van der Waals surface area contributed by atoms with Crippen LogP contribution < -0.4 is 5.32 Å². The van der Waals surface area contributed by atoms with Gasteiger partial charge in [0, 0.05) is 12.6 Å². The Hall–Kier alpha value is -2.22. The predicted molar refractivity (Wildman–Crippen MR) is 102 cm³/mol. The fourth-order valence-electron chi connectivity index (χ4n) is 2.72. The van der Waals surface area contributed by atoms with Crippen molar-refractivity contribution in [3.8, 4) is 0 Å². The monoisotopic (exact) mass is 433 g/mol. The highest BCUT2D eigenvalue weighted by atomic mass is 127. The van der Waals surface area contributed by atoms with Crippen LogP contribution in [0.25, 0.3) is 5.57 Å². The molecule has 1 aliphatic rings. The first-order valence-corrected chi connectivity index (χ1v) is 8.51. The van der Waals surface area contributed by atoms with Gasteiger partial charge in [0.2, 0.25) is 0 Å². The molecule has 1 aromatic heterocycles. The van der Waals surface area contributed by atoms with Gasteiger partial charge >= 0.3 is 5.97 Å². The van der Waals surface area contributed by atoms with Crippen LogP contribution in [-0.4, -0.2) is 26.6 Å². The van der Waals surface area contributed by atoms with Crippen molar-refractivity contribution in [3.63, 3.8) is 0 Å². The first kappa shape index (κ1) is 16.6. The smallest absolute Gasteiger partial charge is 0.333 e. The molecule has 0 fully saturated rings. The van der Waals surface area contributed by atoms with Gasteiger partial charge in [-0.2, -0.15) is 0 Å². The molecule has 1 aliphatic carbocycles. The standard InChI is InChI=1S/C18H16IN3O2/c1-12-7-8-18(17(23)24,22-16-15(19)10-20-11-21-16)9-14(12)13-5-3-2-4-6-13/h2-8,10-11H,9H2,1H3,(H,23,24)(H,20,21,22). The van der Waals surface area contributed by atoms with E-state index in [2.05, 4.69) is 37.9 Å². The van der Waals surface area contributed by atoms with Gasteiger partial charge in [0.15, 0.2) is 5.54 Å². The van der Waals surface area contributed by atoms with Crippen molar-refractivity contribution in [1.29, 1.82) is 0 Å². The lowest BCUT2D eigenvalue weighted by atomic mass is 9.81. The lowest BCUT2D eigenvalue weighted by molar-refractivity contribution is -0.140. The van der Waals surface area contributed by atoms with Gasteiger partial charge in [-0.1, -0.05) is 36.4 Å². The summed E-state index contributed by atoms with van der Waals surface area (Å²) in [5.41, 5.74) is 1.87. The van der Waals surface area contributed by atoms with Crippen LogP contribution in [0, 0.1) is 3.57 Å². The van der Waals surface area contributed by atoms with E-state index in [0.717, 1.165) is 20.3 Å². The largest absolute Gasteiger partial charge is 0.479 e. The van der Waals surface area contributed by atoms with Crippen LogP contribution >= 0.6 is 22.6 Å². The van der Waals surface area contributed by atoms with Crippen LogP contribution in [0.4, 0.5) is 5.82 Å². The lowest BCUT2D eigenvalue weighted by Crippen LogP contribution is -2.46. The molecule has 1 aromatic carbocycles. The minimum atomic E-state index is -1.24. The van der Waals surface area contributed by atoms with Gasteiger partial charge in [-0.05, 0) is 52.3 Å². The molecule has 1 unspecified atom stereocenters. The summed E-state index contributed by atoms with van der Waals surface area (Å²) < 4.78 is 0.775. The van der Waals surface area contributed by atoms with Gasteiger partial charge in [-0.25, -0.2) is 14.8 Å². The highest BCUT2D eigenvalue weighted by Gasteiger charge is 2.40. The van der Waals surface area contributed by atoms with E-state index in [0.29, 0.717) is 12.2 Å². The van der Waals surface area contributed by atoms with Crippen molar-refractivity contribution in [1.82, 2.24) is 9.97 Å². The van der Waals surface area contributed by atoms with E-state index in [9.17, 15) is 9.90 Å². The summed E-state index contributed by atoms with van der Waals surface area (Å²) in [6.07, 6.45) is 6.97. The maximum atomic E-state index is 12.1. The first-order valence-electron chi connectivity index (χ1n) is 7.43. The molecule has 0 aliphatic heterocycles. The molecule has 6 heteroatoms. The quantitative estimate of drug-likeness (QED) is 0.719. The van der Waals surface area contributed by atoms with Gasteiger partial charge in [-0.15, -0.1) is 0 Å². The molecule has 2 N–H and O–H groups in total. The number of allylic oxidation sites excluding steroid dienone is 2. The van der Waals surface area contributed by atoms with Crippen LogP contribution in [0.2, 0.25) is 0 Å². The molecule has 0 amide bonds. The lowest BCUT2D eigenvalue weighted by Gasteiger charge is -2.33. The van der Waals surface area contributed by atoms with E-state index < -0.39 is 11.5 Å². The SMILES string of the molecule is CC1=C(c2ccccc2)CC(Nc2ncncc2I)(C(=O)O)C=C1. The van der Waals surface area contributed by atoms with Gasteiger partial charge in [0.1, 0.15) is 12.1 Å². The molecule has 2 aromatic rings. The van der Waals surface area contributed by atoms with Crippen LogP contribution in [-0.2, 0) is 4.79 Å². The minimum absolute atomic E-state index is 0.342. The second-order valence-electron chi connectivity index (χ2n) is 5.66. The van der Waals surface area contributed by atoms with Crippen LogP contribution in [0.1, 0.15) is 18.9 Å². The third kappa shape index (κ3) is 3.19. The topological polar surface area (TPSA) is 75.1 Å². The number of carbonyl (C=O) groups is 1. The zero-order valence-corrected chi connectivity index (χ0v) is 15.2. The number of rotatable bonds is 4. The molecule has 5 nitrogen and oxygen atoms in total. The van der Waals surface area contributed by atoms with Gasteiger partial charge in [0.05, 0.1) is 3.57 Å². The molecule has 0 saturated carbocycles. The number of nitrogens with zero attached hydrogens (tertiary/aromatic N) is 2. The Labute approximate surface area is 153 Å². The molecule has 0 saturated heterocycles.